The fourth-order valence-corrected chi connectivity index (χ4v) is 7.38. The van der Waals surface area contributed by atoms with Crippen LogP contribution in [0.3, 0.4) is 0 Å². The highest BCUT2D eigenvalue weighted by atomic mass is 16.5. The van der Waals surface area contributed by atoms with Crippen molar-refractivity contribution in [1.29, 1.82) is 0 Å². The standard InChI is InChI=1S/C53H97NO5/c1-3-5-7-9-11-13-15-17-23-27-31-35-39-43-47-53(58)59-48-44-40-36-32-28-24-20-18-19-22-26-30-34-38-42-46-52(57)54-50(49-55)51(56)45-41-37-33-29-25-21-16-14-12-10-8-6-4-2/h15,17-18,20,24,28,41,45,50-51,55-56H,3-14,16,19,21-23,25-27,29-40,42-44,46-49H2,1-2H3,(H,54,57)/b17-15-,20-18-,28-24-,45-41+. The predicted molar refractivity (Wildman–Crippen MR) is 255 cm³/mol. The first-order valence-corrected chi connectivity index (χ1v) is 25.4. The van der Waals surface area contributed by atoms with Gasteiger partial charge in [-0.25, -0.2) is 0 Å². The lowest BCUT2D eigenvalue weighted by molar-refractivity contribution is -0.143. The minimum Gasteiger partial charge on any atom is -0.466 e. The molecule has 344 valence electrons. The molecule has 0 aliphatic heterocycles. The Hall–Kier alpha value is -2.18. The van der Waals surface area contributed by atoms with E-state index in [1.165, 1.54) is 148 Å². The number of nitrogens with one attached hydrogen (secondary N) is 1. The van der Waals surface area contributed by atoms with Crippen molar-refractivity contribution in [3.8, 4) is 0 Å². The van der Waals surface area contributed by atoms with E-state index in [0.29, 0.717) is 19.4 Å². The Morgan fingerprint density at radius 1 is 0.475 bits per heavy atom. The first kappa shape index (κ1) is 56.8. The van der Waals surface area contributed by atoms with Crippen LogP contribution in [0.1, 0.15) is 251 Å². The summed E-state index contributed by atoms with van der Waals surface area (Å²) in [6.45, 7) is 4.81. The van der Waals surface area contributed by atoms with Gasteiger partial charge in [0.2, 0.25) is 5.91 Å². The Balaban J connectivity index is 3.57. The molecule has 0 bridgehead atoms. The lowest BCUT2D eigenvalue weighted by Gasteiger charge is -2.20. The second-order valence-electron chi connectivity index (χ2n) is 17.2. The molecule has 59 heavy (non-hydrogen) atoms. The first-order chi connectivity index (χ1) is 29.0. The van der Waals surface area contributed by atoms with Gasteiger partial charge in [-0.2, -0.15) is 0 Å². The molecule has 0 rings (SSSR count). The van der Waals surface area contributed by atoms with Crippen molar-refractivity contribution in [3.05, 3.63) is 48.6 Å². The number of amides is 1. The molecular formula is C53H97NO5. The monoisotopic (exact) mass is 828 g/mol. The molecule has 6 nitrogen and oxygen atoms in total. The number of esters is 1. The maximum atomic E-state index is 12.4. The van der Waals surface area contributed by atoms with E-state index >= 15 is 0 Å². The summed E-state index contributed by atoms with van der Waals surface area (Å²) in [5.74, 6) is -0.125. The van der Waals surface area contributed by atoms with Crippen LogP contribution < -0.4 is 5.32 Å². The van der Waals surface area contributed by atoms with Crippen LogP contribution in [0.15, 0.2) is 48.6 Å². The smallest absolute Gasteiger partial charge is 0.305 e. The van der Waals surface area contributed by atoms with E-state index in [9.17, 15) is 19.8 Å². The molecule has 0 aliphatic rings. The predicted octanol–water partition coefficient (Wildman–Crippen LogP) is 15.1. The molecule has 0 fully saturated rings. The molecule has 0 aromatic carbocycles. The highest BCUT2D eigenvalue weighted by Crippen LogP contribution is 2.14. The number of hydrogen-bond acceptors (Lipinski definition) is 5. The summed E-state index contributed by atoms with van der Waals surface area (Å²) < 4.78 is 5.43. The minimum atomic E-state index is -0.859. The Labute approximate surface area is 366 Å². The molecule has 2 atom stereocenters. The van der Waals surface area contributed by atoms with Gasteiger partial charge in [-0.15, -0.1) is 0 Å². The van der Waals surface area contributed by atoms with Gasteiger partial charge in [-0.05, 0) is 89.9 Å². The lowest BCUT2D eigenvalue weighted by Crippen LogP contribution is -2.45. The van der Waals surface area contributed by atoms with Crippen LogP contribution in [0.5, 0.6) is 0 Å². The van der Waals surface area contributed by atoms with Crippen molar-refractivity contribution >= 4 is 11.9 Å². The van der Waals surface area contributed by atoms with Crippen LogP contribution >= 0.6 is 0 Å². The summed E-state index contributed by atoms with van der Waals surface area (Å²) in [5.41, 5.74) is 0. The van der Waals surface area contributed by atoms with Crippen molar-refractivity contribution < 1.29 is 24.5 Å². The van der Waals surface area contributed by atoms with Gasteiger partial charge in [-0.1, -0.05) is 197 Å². The number of carbonyl (C=O) groups excluding carboxylic acids is 2. The van der Waals surface area contributed by atoms with Gasteiger partial charge in [0.15, 0.2) is 0 Å². The Bertz CT molecular complexity index is 1000. The number of hydrogen-bond donors (Lipinski definition) is 3. The van der Waals surface area contributed by atoms with E-state index in [2.05, 4.69) is 55.6 Å². The summed E-state index contributed by atoms with van der Waals surface area (Å²) in [7, 11) is 0. The highest BCUT2D eigenvalue weighted by Gasteiger charge is 2.18. The molecule has 2 unspecified atom stereocenters. The second kappa shape index (κ2) is 48.5. The van der Waals surface area contributed by atoms with Gasteiger partial charge < -0.3 is 20.3 Å². The summed E-state index contributed by atoms with van der Waals surface area (Å²) in [6.07, 6.45) is 59.6. The van der Waals surface area contributed by atoms with Crippen molar-refractivity contribution in [3.63, 3.8) is 0 Å². The molecule has 0 radical (unpaired) electrons. The van der Waals surface area contributed by atoms with E-state index in [1.54, 1.807) is 6.08 Å². The zero-order valence-electron chi connectivity index (χ0n) is 39.0. The third-order valence-electron chi connectivity index (χ3n) is 11.3. The maximum Gasteiger partial charge on any atom is 0.305 e. The largest absolute Gasteiger partial charge is 0.466 e. The zero-order chi connectivity index (χ0) is 43.0. The normalized spacial score (nSPS) is 13.1. The van der Waals surface area contributed by atoms with Gasteiger partial charge in [0.05, 0.1) is 25.4 Å². The highest BCUT2D eigenvalue weighted by molar-refractivity contribution is 5.76. The quantitative estimate of drug-likeness (QED) is 0.0246. The van der Waals surface area contributed by atoms with Crippen LogP contribution in [-0.4, -0.2) is 47.4 Å². The van der Waals surface area contributed by atoms with Crippen LogP contribution in [0.4, 0.5) is 0 Å². The van der Waals surface area contributed by atoms with Crippen LogP contribution in [0.2, 0.25) is 0 Å². The van der Waals surface area contributed by atoms with Crippen LogP contribution in [0.25, 0.3) is 0 Å². The molecule has 3 N–H and O–H groups in total. The molecule has 0 saturated heterocycles. The van der Waals surface area contributed by atoms with Gasteiger partial charge >= 0.3 is 5.97 Å². The fourth-order valence-electron chi connectivity index (χ4n) is 7.38. The molecule has 0 aliphatic carbocycles. The Kier molecular flexibility index (Phi) is 46.7. The number of allylic oxidation sites excluding steroid dienone is 7. The van der Waals surface area contributed by atoms with Gasteiger partial charge in [-0.3, -0.25) is 9.59 Å². The number of aliphatic hydroxyl groups is 2. The number of carbonyl (C=O) groups is 2. The van der Waals surface area contributed by atoms with E-state index in [-0.39, 0.29) is 18.5 Å². The molecule has 0 saturated carbocycles. The topological polar surface area (TPSA) is 95.9 Å². The molecule has 6 heteroatoms. The number of rotatable bonds is 46. The van der Waals surface area contributed by atoms with E-state index in [1.807, 2.05) is 6.08 Å². The molecule has 0 aromatic rings. The van der Waals surface area contributed by atoms with Gasteiger partial charge in [0, 0.05) is 12.8 Å². The number of aliphatic hydroxyl groups excluding tert-OH is 2. The summed E-state index contributed by atoms with van der Waals surface area (Å²) in [4.78, 5) is 24.4. The fraction of sp³-hybridized carbons (Fsp3) is 0.811. The zero-order valence-corrected chi connectivity index (χ0v) is 39.0. The average molecular weight is 828 g/mol. The third kappa shape index (κ3) is 45.2. The van der Waals surface area contributed by atoms with Gasteiger partial charge in [0.1, 0.15) is 0 Å². The van der Waals surface area contributed by atoms with E-state index in [0.717, 1.165) is 77.0 Å². The first-order valence-electron chi connectivity index (χ1n) is 25.4. The lowest BCUT2D eigenvalue weighted by atomic mass is 10.0. The number of ether oxygens (including phenoxy) is 1. The van der Waals surface area contributed by atoms with Crippen LogP contribution in [0, 0.1) is 0 Å². The van der Waals surface area contributed by atoms with Crippen molar-refractivity contribution in [1.82, 2.24) is 5.32 Å². The van der Waals surface area contributed by atoms with Crippen LogP contribution in [-0.2, 0) is 14.3 Å². The molecular weight excluding hydrogens is 731 g/mol. The van der Waals surface area contributed by atoms with Gasteiger partial charge in [0.25, 0.3) is 0 Å². The summed E-state index contributed by atoms with van der Waals surface area (Å²) >= 11 is 0. The minimum absolute atomic E-state index is 0.0324. The third-order valence-corrected chi connectivity index (χ3v) is 11.3. The van der Waals surface area contributed by atoms with E-state index < -0.39 is 12.1 Å². The SMILES string of the molecule is CCCCCCC/C=C\CCCCCCCC(=O)OCCCCC/C=C\C=C/CCCCCCCCC(=O)NC(CO)C(O)/C=C/CCCCCCCCCCCCC. The second-order valence-corrected chi connectivity index (χ2v) is 17.2. The molecule has 0 aromatic heterocycles. The van der Waals surface area contributed by atoms with Crippen molar-refractivity contribution in [2.24, 2.45) is 0 Å². The maximum absolute atomic E-state index is 12.4. The number of unbranched alkanes of at least 4 members (excludes halogenated alkanes) is 30. The van der Waals surface area contributed by atoms with Crippen molar-refractivity contribution in [2.45, 2.75) is 264 Å². The van der Waals surface area contributed by atoms with Crippen molar-refractivity contribution in [2.75, 3.05) is 13.2 Å². The summed E-state index contributed by atoms with van der Waals surface area (Å²) in [6, 6.07) is -0.644. The average Bonchev–Trinajstić information content (AvgIpc) is 3.24. The summed E-state index contributed by atoms with van der Waals surface area (Å²) in [5, 5.41) is 23.0. The molecule has 1 amide bonds. The Morgan fingerprint density at radius 3 is 1.31 bits per heavy atom. The Morgan fingerprint density at radius 2 is 0.847 bits per heavy atom. The molecule has 0 spiro atoms. The molecule has 0 heterocycles. The van der Waals surface area contributed by atoms with E-state index in [4.69, 9.17) is 4.74 Å².